The summed E-state index contributed by atoms with van der Waals surface area (Å²) in [4.78, 5) is 45.1. The van der Waals surface area contributed by atoms with E-state index in [1.165, 1.54) is 23.5 Å². The van der Waals surface area contributed by atoms with Crippen molar-refractivity contribution >= 4 is 70.3 Å². The van der Waals surface area contributed by atoms with Gasteiger partial charge in [-0.25, -0.2) is 29.5 Å². The van der Waals surface area contributed by atoms with Gasteiger partial charge in [0.2, 0.25) is 0 Å². The third-order valence-corrected chi connectivity index (χ3v) is 10.2. The van der Waals surface area contributed by atoms with E-state index in [0.29, 0.717) is 48.1 Å². The normalized spacial score (nSPS) is 20.2. The Kier molecular flexibility index (Phi) is 8.56. The molecule has 2 N–H and O–H groups in total. The summed E-state index contributed by atoms with van der Waals surface area (Å²) in [6.07, 6.45) is 3.68. The minimum atomic E-state index is -1.12. The van der Waals surface area contributed by atoms with E-state index in [-0.39, 0.29) is 21.4 Å². The van der Waals surface area contributed by atoms with Gasteiger partial charge in [0.25, 0.3) is 0 Å². The van der Waals surface area contributed by atoms with Gasteiger partial charge in [0.05, 0.1) is 52.4 Å². The Morgan fingerprint density at radius 2 is 0.975 bits per heavy atom. The first-order valence-electron chi connectivity index (χ1n) is 13.0. The molecule has 12 nitrogen and oxygen atoms in total. The monoisotopic (exact) mass is 630 g/mol. The van der Waals surface area contributed by atoms with E-state index in [0.717, 1.165) is 61.3 Å². The molecule has 3 aliphatic heterocycles. The average molecular weight is 632 g/mol. The zero-order chi connectivity index (χ0) is 28.7. The molecule has 2 aromatic heterocycles. The number of piperazine rings is 3. The number of aromatic carboxylic acids is 2. The van der Waals surface area contributed by atoms with E-state index < -0.39 is 11.9 Å². The van der Waals surface area contributed by atoms with Crippen LogP contribution in [0.1, 0.15) is 20.7 Å². The summed E-state index contributed by atoms with van der Waals surface area (Å²) in [5.41, 5.74) is -0.0655. The molecule has 0 radical (unpaired) electrons. The summed E-state index contributed by atoms with van der Waals surface area (Å²) in [5, 5.41) is 20.4. The van der Waals surface area contributed by atoms with E-state index >= 15 is 0 Å². The number of anilines is 2. The third kappa shape index (κ3) is 5.66. The summed E-state index contributed by atoms with van der Waals surface area (Å²) >= 11 is 15.1. The van der Waals surface area contributed by atoms with E-state index in [1.54, 1.807) is 0 Å². The Bertz CT molecular complexity index is 1210. The lowest BCUT2D eigenvalue weighted by molar-refractivity contribution is -1.03. The Morgan fingerprint density at radius 3 is 1.25 bits per heavy atom. The smallest absolute Gasteiger partial charge is 0.342 e. The van der Waals surface area contributed by atoms with Crippen LogP contribution in [0.25, 0.3) is 0 Å². The highest BCUT2D eigenvalue weighted by Crippen LogP contribution is 2.32. The van der Waals surface area contributed by atoms with Crippen LogP contribution in [0, 0.1) is 0 Å². The molecule has 2 aromatic rings. The van der Waals surface area contributed by atoms with Crippen molar-refractivity contribution in [3.63, 3.8) is 0 Å². The number of quaternary nitrogens is 2. The molecule has 0 aromatic carbocycles. The van der Waals surface area contributed by atoms with Crippen molar-refractivity contribution in [1.82, 2.24) is 19.9 Å². The molecule has 216 valence electrons. The van der Waals surface area contributed by atoms with Gasteiger partial charge < -0.3 is 29.0 Å². The summed E-state index contributed by atoms with van der Waals surface area (Å²) < 4.78 is 2.02. The number of carboxylic acid groups (broad SMARTS) is 2. The predicted molar refractivity (Wildman–Crippen MR) is 155 cm³/mol. The van der Waals surface area contributed by atoms with Crippen molar-refractivity contribution in [3.05, 3.63) is 21.4 Å². The summed E-state index contributed by atoms with van der Waals surface area (Å²) in [5.74, 6) is -1.42. The third-order valence-electron chi connectivity index (χ3n) is 8.52. The average Bonchev–Trinajstić information content (AvgIpc) is 2.94. The van der Waals surface area contributed by atoms with Crippen LogP contribution in [0.5, 0.6) is 0 Å². The second-order valence-electron chi connectivity index (χ2n) is 10.5. The Balaban J connectivity index is 1.23. The number of rotatable bonds is 6. The fourth-order valence-electron chi connectivity index (χ4n) is 5.98. The first kappa shape index (κ1) is 29.4. The fourth-order valence-corrected chi connectivity index (χ4v) is 7.30. The topological polar surface area (TPSA) is 133 Å². The number of carbonyl (C=O) groups is 2. The second-order valence-corrected chi connectivity index (χ2v) is 12.7. The van der Waals surface area contributed by atoms with Gasteiger partial charge in [0.15, 0.2) is 10.3 Å². The Morgan fingerprint density at radius 1 is 0.650 bits per heavy atom. The van der Waals surface area contributed by atoms with E-state index in [2.05, 4.69) is 19.9 Å². The quantitative estimate of drug-likeness (QED) is 0.210. The molecule has 5 heterocycles. The molecule has 40 heavy (non-hydrogen) atoms. The molecule has 16 heteroatoms. The second kappa shape index (κ2) is 11.6. The van der Waals surface area contributed by atoms with Gasteiger partial charge in [-0.3, -0.25) is 0 Å². The minimum Gasteiger partial charge on any atom is -0.477 e. The molecule has 3 saturated heterocycles. The zero-order valence-corrected chi connectivity index (χ0v) is 25.5. The van der Waals surface area contributed by atoms with Crippen LogP contribution in [0.3, 0.4) is 0 Å². The van der Waals surface area contributed by atoms with Crippen LogP contribution >= 0.6 is 46.7 Å². The highest BCUT2D eigenvalue weighted by Gasteiger charge is 2.46. The zero-order valence-electron chi connectivity index (χ0n) is 22.3. The van der Waals surface area contributed by atoms with Crippen LogP contribution in [-0.4, -0.2) is 142 Å². The maximum atomic E-state index is 11.9. The molecule has 0 amide bonds. The van der Waals surface area contributed by atoms with Gasteiger partial charge in [0, 0.05) is 0 Å². The molecule has 0 aliphatic carbocycles. The van der Waals surface area contributed by atoms with Gasteiger partial charge >= 0.3 is 11.9 Å². The summed E-state index contributed by atoms with van der Waals surface area (Å²) in [7, 11) is 0. The number of halogens is 2. The molecular formula is C24H32Cl2N8O4S2+2. The van der Waals surface area contributed by atoms with Crippen molar-refractivity contribution in [2.24, 2.45) is 0 Å². The SMILES string of the molecule is CSc1nc(Cl)c(C(=O)O)c(N2CC[N+]3(CC2)CC[N+]2(CCN(c4nc(SC)nc(Cl)c4C(=O)O)CC2)CC3)n1. The number of aromatic nitrogens is 4. The number of hydrogen-bond acceptors (Lipinski definition) is 10. The lowest BCUT2D eigenvalue weighted by atomic mass is 10.1. The number of carboxylic acids is 2. The van der Waals surface area contributed by atoms with Crippen molar-refractivity contribution in [2.75, 3.05) is 101 Å². The van der Waals surface area contributed by atoms with Crippen molar-refractivity contribution in [2.45, 2.75) is 10.3 Å². The molecule has 0 saturated carbocycles. The van der Waals surface area contributed by atoms with Gasteiger partial charge in [-0.05, 0) is 12.5 Å². The van der Waals surface area contributed by atoms with Crippen LogP contribution in [0.4, 0.5) is 11.6 Å². The predicted octanol–water partition coefficient (Wildman–Crippen LogP) is 2.40. The first-order valence-corrected chi connectivity index (χ1v) is 16.2. The molecule has 5 rings (SSSR count). The number of hydrogen-bond donors (Lipinski definition) is 2. The maximum Gasteiger partial charge on any atom is 0.342 e. The van der Waals surface area contributed by atoms with Gasteiger partial charge in [-0.15, -0.1) is 0 Å². The molecule has 2 spiro atoms. The van der Waals surface area contributed by atoms with E-state index in [1.807, 2.05) is 22.3 Å². The fraction of sp³-hybridized carbons (Fsp3) is 0.583. The van der Waals surface area contributed by atoms with Gasteiger partial charge in [0.1, 0.15) is 59.2 Å². The Hall–Kier alpha value is -2.10. The van der Waals surface area contributed by atoms with Gasteiger partial charge in [-0.2, -0.15) is 0 Å². The molecule has 3 aliphatic rings. The number of nitrogens with zero attached hydrogens (tertiary/aromatic N) is 8. The summed E-state index contributed by atoms with van der Waals surface area (Å²) in [6, 6.07) is 0. The van der Waals surface area contributed by atoms with Crippen molar-refractivity contribution in [1.29, 1.82) is 0 Å². The van der Waals surface area contributed by atoms with E-state index in [4.69, 9.17) is 23.2 Å². The molecule has 0 atom stereocenters. The Labute approximate surface area is 250 Å². The van der Waals surface area contributed by atoms with Crippen LogP contribution < -0.4 is 9.80 Å². The summed E-state index contributed by atoms with van der Waals surface area (Å²) in [6.45, 7) is 10.7. The van der Waals surface area contributed by atoms with Crippen molar-refractivity contribution in [3.8, 4) is 0 Å². The largest absolute Gasteiger partial charge is 0.477 e. The van der Waals surface area contributed by atoms with Crippen LogP contribution in [0.15, 0.2) is 10.3 Å². The number of thioether (sulfide) groups is 2. The van der Waals surface area contributed by atoms with Crippen LogP contribution in [-0.2, 0) is 0 Å². The standard InChI is InChI=1S/C24H30Cl2N8O4S2/c1-39-23-27-17(25)15(21(35)36)19(29-23)31-3-7-33(8-4-31)11-13-34(14-12-33)9-5-32(6-10-34)20-16(22(37)38)18(26)28-24(30-20)40-2/h3-14H2,1-2H3/p+2. The maximum absolute atomic E-state index is 11.9. The lowest BCUT2D eigenvalue weighted by Crippen LogP contribution is -2.73. The van der Waals surface area contributed by atoms with E-state index in [9.17, 15) is 19.8 Å². The van der Waals surface area contributed by atoms with Crippen molar-refractivity contribution < 1.29 is 28.8 Å². The molecular weight excluding hydrogens is 599 g/mol. The lowest BCUT2D eigenvalue weighted by Gasteiger charge is -2.54. The molecule has 3 fully saturated rings. The van der Waals surface area contributed by atoms with Gasteiger partial charge in [-0.1, -0.05) is 46.7 Å². The van der Waals surface area contributed by atoms with Crippen LogP contribution in [0.2, 0.25) is 10.3 Å². The highest BCUT2D eigenvalue weighted by molar-refractivity contribution is 7.98. The highest BCUT2D eigenvalue weighted by atomic mass is 35.5. The minimum absolute atomic E-state index is 0.0238. The molecule has 0 bridgehead atoms. The first-order chi connectivity index (χ1) is 19.1. The molecule has 0 unspecified atom stereocenters.